The standard InChI is InChI=1S/C16H26N2O4S/c1-5-6-11-17(2)16(19)13-18(23(4,20)21)12-14-7-9-15(22-3)10-8-14/h7-10H,5-6,11-13H2,1-4H3. The van der Waals surface area contributed by atoms with Crippen LogP contribution in [0.5, 0.6) is 5.75 Å². The van der Waals surface area contributed by atoms with Crippen LogP contribution in [0.3, 0.4) is 0 Å². The molecule has 7 heteroatoms. The summed E-state index contributed by atoms with van der Waals surface area (Å²) in [7, 11) is -0.201. The number of methoxy groups -OCH3 is 1. The largest absolute Gasteiger partial charge is 0.497 e. The first-order valence-electron chi connectivity index (χ1n) is 7.60. The van der Waals surface area contributed by atoms with E-state index in [1.165, 1.54) is 4.31 Å². The molecule has 130 valence electrons. The Morgan fingerprint density at radius 2 is 1.83 bits per heavy atom. The molecule has 0 saturated carbocycles. The Labute approximate surface area is 139 Å². The van der Waals surface area contributed by atoms with Gasteiger partial charge < -0.3 is 9.64 Å². The lowest BCUT2D eigenvalue weighted by atomic mass is 10.2. The summed E-state index contributed by atoms with van der Waals surface area (Å²) in [5, 5.41) is 0. The van der Waals surface area contributed by atoms with Crippen LogP contribution >= 0.6 is 0 Å². The molecule has 1 amide bonds. The van der Waals surface area contributed by atoms with E-state index in [1.807, 2.05) is 6.92 Å². The fourth-order valence-electron chi connectivity index (χ4n) is 2.02. The summed E-state index contributed by atoms with van der Waals surface area (Å²) in [6.45, 7) is 2.70. The molecule has 1 aromatic carbocycles. The summed E-state index contributed by atoms with van der Waals surface area (Å²) >= 11 is 0. The molecule has 0 spiro atoms. The highest BCUT2D eigenvalue weighted by atomic mass is 32.2. The molecule has 0 fully saturated rings. The van der Waals surface area contributed by atoms with Gasteiger partial charge in [-0.05, 0) is 24.1 Å². The van der Waals surface area contributed by atoms with Crippen LogP contribution in [-0.2, 0) is 21.4 Å². The van der Waals surface area contributed by atoms with Gasteiger partial charge in [0.15, 0.2) is 0 Å². The summed E-state index contributed by atoms with van der Waals surface area (Å²) in [5.74, 6) is 0.507. The highest BCUT2D eigenvalue weighted by Gasteiger charge is 2.22. The van der Waals surface area contributed by atoms with Gasteiger partial charge in [-0.3, -0.25) is 4.79 Å². The third-order valence-electron chi connectivity index (χ3n) is 3.57. The maximum atomic E-state index is 12.2. The Balaban J connectivity index is 2.78. The van der Waals surface area contributed by atoms with Gasteiger partial charge in [0, 0.05) is 20.1 Å². The van der Waals surface area contributed by atoms with E-state index in [-0.39, 0.29) is 19.0 Å². The average molecular weight is 342 g/mol. The Morgan fingerprint density at radius 1 is 1.22 bits per heavy atom. The highest BCUT2D eigenvalue weighted by Crippen LogP contribution is 2.14. The highest BCUT2D eigenvalue weighted by molar-refractivity contribution is 7.88. The number of amides is 1. The van der Waals surface area contributed by atoms with Gasteiger partial charge in [-0.15, -0.1) is 0 Å². The van der Waals surface area contributed by atoms with Gasteiger partial charge in [-0.25, -0.2) is 8.42 Å². The SMILES string of the molecule is CCCCN(C)C(=O)CN(Cc1ccc(OC)cc1)S(C)(=O)=O. The Kier molecular flexibility index (Phi) is 7.51. The molecule has 0 bridgehead atoms. The number of ether oxygens (including phenoxy) is 1. The van der Waals surface area contributed by atoms with Crippen molar-refractivity contribution < 1.29 is 17.9 Å². The van der Waals surface area contributed by atoms with E-state index in [2.05, 4.69) is 0 Å². The molecule has 0 radical (unpaired) electrons. The third kappa shape index (κ3) is 6.58. The van der Waals surface area contributed by atoms with Gasteiger partial charge in [0.2, 0.25) is 15.9 Å². The zero-order chi connectivity index (χ0) is 17.5. The van der Waals surface area contributed by atoms with Crippen molar-refractivity contribution in [3.63, 3.8) is 0 Å². The quantitative estimate of drug-likeness (QED) is 0.685. The van der Waals surface area contributed by atoms with Gasteiger partial charge in [0.05, 0.1) is 19.9 Å². The third-order valence-corrected chi connectivity index (χ3v) is 4.77. The molecule has 1 rings (SSSR count). The number of unbranched alkanes of at least 4 members (excludes halogenated alkanes) is 1. The molecular weight excluding hydrogens is 316 g/mol. The summed E-state index contributed by atoms with van der Waals surface area (Å²) in [4.78, 5) is 13.8. The van der Waals surface area contributed by atoms with E-state index >= 15 is 0 Å². The second-order valence-electron chi connectivity index (χ2n) is 5.55. The average Bonchev–Trinajstić information content (AvgIpc) is 2.51. The van der Waals surface area contributed by atoms with Crippen molar-refractivity contribution in [2.75, 3.05) is 33.5 Å². The Hall–Kier alpha value is -1.60. The molecule has 0 atom stereocenters. The van der Waals surface area contributed by atoms with Crippen LogP contribution in [0.15, 0.2) is 24.3 Å². The van der Waals surface area contributed by atoms with E-state index in [0.29, 0.717) is 12.3 Å². The van der Waals surface area contributed by atoms with E-state index in [4.69, 9.17) is 4.74 Å². The number of hydrogen-bond donors (Lipinski definition) is 0. The predicted molar refractivity (Wildman–Crippen MR) is 90.8 cm³/mol. The number of likely N-dealkylation sites (N-methyl/N-ethyl adjacent to an activating group) is 1. The van der Waals surface area contributed by atoms with E-state index in [0.717, 1.165) is 24.7 Å². The van der Waals surface area contributed by atoms with Gasteiger partial charge in [-0.2, -0.15) is 4.31 Å². The molecule has 0 unspecified atom stereocenters. The number of hydrogen-bond acceptors (Lipinski definition) is 4. The van der Waals surface area contributed by atoms with Crippen LogP contribution in [0.25, 0.3) is 0 Å². The second-order valence-corrected chi connectivity index (χ2v) is 7.53. The van der Waals surface area contributed by atoms with Crippen LogP contribution in [0.2, 0.25) is 0 Å². The zero-order valence-electron chi connectivity index (χ0n) is 14.3. The molecule has 6 nitrogen and oxygen atoms in total. The van der Waals surface area contributed by atoms with Crippen LogP contribution in [-0.4, -0.2) is 57.0 Å². The first-order chi connectivity index (χ1) is 10.8. The number of benzene rings is 1. The lowest BCUT2D eigenvalue weighted by Gasteiger charge is -2.23. The van der Waals surface area contributed by atoms with Crippen molar-refractivity contribution in [2.24, 2.45) is 0 Å². The molecule has 0 saturated heterocycles. The van der Waals surface area contributed by atoms with Crippen molar-refractivity contribution in [1.82, 2.24) is 9.21 Å². The summed E-state index contributed by atoms with van der Waals surface area (Å²) in [5.41, 5.74) is 0.806. The van der Waals surface area contributed by atoms with Crippen LogP contribution < -0.4 is 4.74 Å². The maximum Gasteiger partial charge on any atom is 0.237 e. The summed E-state index contributed by atoms with van der Waals surface area (Å²) in [6, 6.07) is 7.13. The van der Waals surface area contributed by atoms with Crippen molar-refractivity contribution in [2.45, 2.75) is 26.3 Å². The van der Waals surface area contributed by atoms with Gasteiger partial charge in [-0.1, -0.05) is 25.5 Å². The molecule has 1 aromatic rings. The monoisotopic (exact) mass is 342 g/mol. The Bertz CT molecular complexity index is 599. The summed E-state index contributed by atoms with van der Waals surface area (Å²) < 4.78 is 30.2. The normalized spacial score (nSPS) is 11.5. The number of nitrogens with zero attached hydrogens (tertiary/aromatic N) is 2. The van der Waals surface area contributed by atoms with Crippen LogP contribution in [0.1, 0.15) is 25.3 Å². The molecule has 0 aromatic heterocycles. The lowest BCUT2D eigenvalue weighted by molar-refractivity contribution is -0.130. The van der Waals surface area contributed by atoms with E-state index < -0.39 is 10.0 Å². The lowest BCUT2D eigenvalue weighted by Crippen LogP contribution is -2.41. The minimum Gasteiger partial charge on any atom is -0.497 e. The molecule has 23 heavy (non-hydrogen) atoms. The minimum atomic E-state index is -3.47. The fraction of sp³-hybridized carbons (Fsp3) is 0.562. The fourth-order valence-corrected chi connectivity index (χ4v) is 2.75. The molecule has 0 N–H and O–H groups in total. The van der Waals surface area contributed by atoms with Gasteiger partial charge in [0.25, 0.3) is 0 Å². The van der Waals surface area contributed by atoms with Crippen molar-refractivity contribution in [3.8, 4) is 5.75 Å². The first kappa shape index (κ1) is 19.4. The van der Waals surface area contributed by atoms with Crippen molar-refractivity contribution in [3.05, 3.63) is 29.8 Å². The molecule has 0 heterocycles. The predicted octanol–water partition coefficient (Wildman–Crippen LogP) is 1.72. The van der Waals surface area contributed by atoms with Gasteiger partial charge in [0.1, 0.15) is 5.75 Å². The summed E-state index contributed by atoms with van der Waals surface area (Å²) in [6.07, 6.45) is 3.01. The van der Waals surface area contributed by atoms with Crippen LogP contribution in [0, 0.1) is 0 Å². The molecule has 0 aliphatic rings. The smallest absolute Gasteiger partial charge is 0.237 e. The number of carbonyl (C=O) groups excluding carboxylic acids is 1. The molecule has 0 aliphatic carbocycles. The first-order valence-corrected chi connectivity index (χ1v) is 9.44. The van der Waals surface area contributed by atoms with Crippen molar-refractivity contribution in [1.29, 1.82) is 0 Å². The maximum absolute atomic E-state index is 12.2. The van der Waals surface area contributed by atoms with Crippen LogP contribution in [0.4, 0.5) is 0 Å². The zero-order valence-corrected chi connectivity index (χ0v) is 15.1. The number of rotatable bonds is 9. The minimum absolute atomic E-state index is 0.148. The topological polar surface area (TPSA) is 66.9 Å². The van der Waals surface area contributed by atoms with E-state index in [9.17, 15) is 13.2 Å². The van der Waals surface area contributed by atoms with Gasteiger partial charge >= 0.3 is 0 Å². The number of carbonyl (C=O) groups is 1. The number of sulfonamides is 1. The molecular formula is C16H26N2O4S. The van der Waals surface area contributed by atoms with E-state index in [1.54, 1.807) is 43.3 Å². The van der Waals surface area contributed by atoms with Crippen molar-refractivity contribution >= 4 is 15.9 Å². The Morgan fingerprint density at radius 3 is 2.30 bits per heavy atom. The second kappa shape index (κ2) is 8.88. The molecule has 0 aliphatic heterocycles.